The van der Waals surface area contributed by atoms with Gasteiger partial charge >= 0.3 is 0 Å². The van der Waals surface area contributed by atoms with E-state index in [4.69, 9.17) is 10.7 Å². The number of hydrogen-bond acceptors (Lipinski definition) is 3. The first-order chi connectivity index (χ1) is 10.3. The Morgan fingerprint density at radius 2 is 2.05 bits per heavy atom. The van der Waals surface area contributed by atoms with E-state index >= 15 is 0 Å². The van der Waals surface area contributed by atoms with Crippen molar-refractivity contribution in [2.45, 2.75) is 39.8 Å². The maximum atomic E-state index is 5.74. The SMILES string of the molecule is CCCn1c(-c2ccc(CC)s2)nc2cc(CN)ccc21. The molecule has 21 heavy (non-hydrogen) atoms. The van der Waals surface area contributed by atoms with Crippen LogP contribution in [-0.4, -0.2) is 9.55 Å². The molecule has 0 saturated heterocycles. The molecule has 1 aromatic carbocycles. The van der Waals surface area contributed by atoms with E-state index < -0.39 is 0 Å². The van der Waals surface area contributed by atoms with Gasteiger partial charge < -0.3 is 10.3 Å². The van der Waals surface area contributed by atoms with Crippen LogP contribution in [0.1, 0.15) is 30.7 Å². The summed E-state index contributed by atoms with van der Waals surface area (Å²) in [4.78, 5) is 7.54. The van der Waals surface area contributed by atoms with Crippen molar-refractivity contribution in [1.29, 1.82) is 0 Å². The summed E-state index contributed by atoms with van der Waals surface area (Å²) in [6.45, 7) is 5.95. The van der Waals surface area contributed by atoms with Gasteiger partial charge in [-0.05, 0) is 42.7 Å². The lowest BCUT2D eigenvalue weighted by Crippen LogP contribution is -1.99. The fraction of sp³-hybridized carbons (Fsp3) is 0.353. The number of hydrogen-bond donors (Lipinski definition) is 1. The zero-order valence-electron chi connectivity index (χ0n) is 12.6. The number of fused-ring (bicyclic) bond motifs is 1. The van der Waals surface area contributed by atoms with E-state index in [0.29, 0.717) is 6.54 Å². The minimum atomic E-state index is 0.560. The van der Waals surface area contributed by atoms with Gasteiger partial charge in [0.05, 0.1) is 15.9 Å². The average molecular weight is 299 g/mol. The van der Waals surface area contributed by atoms with Gasteiger partial charge in [-0.3, -0.25) is 0 Å². The molecule has 3 rings (SSSR count). The standard InChI is InChI=1S/C17H21N3S/c1-3-9-20-15-7-5-12(11-18)10-14(15)19-17(20)16-8-6-13(4-2)21-16/h5-8,10H,3-4,9,11,18H2,1-2H3. The highest BCUT2D eigenvalue weighted by Gasteiger charge is 2.14. The van der Waals surface area contributed by atoms with Crippen LogP contribution >= 0.6 is 11.3 Å². The van der Waals surface area contributed by atoms with E-state index in [-0.39, 0.29) is 0 Å². The zero-order valence-corrected chi connectivity index (χ0v) is 13.4. The number of imidazole rings is 1. The van der Waals surface area contributed by atoms with Crippen molar-refractivity contribution in [2.24, 2.45) is 5.73 Å². The Balaban J connectivity index is 2.17. The lowest BCUT2D eigenvalue weighted by molar-refractivity contribution is 0.705. The number of nitrogens with zero attached hydrogens (tertiary/aromatic N) is 2. The molecular weight excluding hydrogens is 278 g/mol. The van der Waals surface area contributed by atoms with Crippen molar-refractivity contribution in [3.05, 3.63) is 40.8 Å². The predicted molar refractivity (Wildman–Crippen MR) is 90.6 cm³/mol. The molecule has 0 saturated carbocycles. The van der Waals surface area contributed by atoms with Crippen molar-refractivity contribution in [3.63, 3.8) is 0 Å². The summed E-state index contributed by atoms with van der Waals surface area (Å²) in [5.74, 6) is 1.09. The summed E-state index contributed by atoms with van der Waals surface area (Å²) in [6, 6.07) is 10.8. The van der Waals surface area contributed by atoms with Gasteiger partial charge in [-0.2, -0.15) is 0 Å². The number of aromatic nitrogens is 2. The molecule has 3 aromatic rings. The third kappa shape index (κ3) is 2.61. The Hall–Kier alpha value is -1.65. The maximum Gasteiger partial charge on any atom is 0.151 e. The molecule has 0 fully saturated rings. The van der Waals surface area contributed by atoms with Crippen LogP contribution in [0.25, 0.3) is 21.7 Å². The molecule has 0 bridgehead atoms. The van der Waals surface area contributed by atoms with Crippen LogP contribution < -0.4 is 5.73 Å². The Bertz CT molecular complexity index is 755. The average Bonchev–Trinajstić information content (AvgIpc) is 3.11. The first-order valence-electron chi connectivity index (χ1n) is 7.55. The number of nitrogens with two attached hydrogens (primary N) is 1. The highest BCUT2D eigenvalue weighted by atomic mass is 32.1. The molecule has 2 N–H and O–H groups in total. The van der Waals surface area contributed by atoms with Gasteiger partial charge in [0.2, 0.25) is 0 Å². The minimum absolute atomic E-state index is 0.560. The van der Waals surface area contributed by atoms with Crippen LogP contribution in [0.3, 0.4) is 0 Å². The first-order valence-corrected chi connectivity index (χ1v) is 8.36. The third-order valence-corrected chi connectivity index (χ3v) is 4.95. The second-order valence-corrected chi connectivity index (χ2v) is 6.40. The second-order valence-electron chi connectivity index (χ2n) is 5.23. The number of rotatable bonds is 5. The fourth-order valence-corrected chi connectivity index (χ4v) is 3.57. The normalized spacial score (nSPS) is 11.4. The number of aryl methyl sites for hydroxylation is 2. The molecule has 0 spiro atoms. The molecule has 3 nitrogen and oxygen atoms in total. The summed E-state index contributed by atoms with van der Waals surface area (Å²) < 4.78 is 2.33. The van der Waals surface area contributed by atoms with Crippen LogP contribution in [0.5, 0.6) is 0 Å². The monoisotopic (exact) mass is 299 g/mol. The van der Waals surface area contributed by atoms with Gasteiger partial charge in [-0.15, -0.1) is 11.3 Å². The second kappa shape index (κ2) is 6.00. The number of thiophene rings is 1. The van der Waals surface area contributed by atoms with Gasteiger partial charge in [-0.25, -0.2) is 4.98 Å². The third-order valence-electron chi connectivity index (χ3n) is 3.73. The summed E-state index contributed by atoms with van der Waals surface area (Å²) in [7, 11) is 0. The molecule has 0 aliphatic carbocycles. The largest absolute Gasteiger partial charge is 0.326 e. The lowest BCUT2D eigenvalue weighted by Gasteiger charge is -2.06. The van der Waals surface area contributed by atoms with Crippen molar-refractivity contribution in [3.8, 4) is 10.7 Å². The number of benzene rings is 1. The molecule has 0 unspecified atom stereocenters. The molecule has 110 valence electrons. The van der Waals surface area contributed by atoms with Crippen LogP contribution in [0.2, 0.25) is 0 Å². The highest BCUT2D eigenvalue weighted by molar-refractivity contribution is 7.15. The van der Waals surface area contributed by atoms with E-state index in [2.05, 4.69) is 48.7 Å². The van der Waals surface area contributed by atoms with Crippen molar-refractivity contribution >= 4 is 22.4 Å². The van der Waals surface area contributed by atoms with Gasteiger partial charge in [0.25, 0.3) is 0 Å². The van der Waals surface area contributed by atoms with Crippen molar-refractivity contribution in [1.82, 2.24) is 9.55 Å². The highest BCUT2D eigenvalue weighted by Crippen LogP contribution is 2.31. The van der Waals surface area contributed by atoms with Gasteiger partial charge in [0.1, 0.15) is 0 Å². The summed E-state index contributed by atoms with van der Waals surface area (Å²) in [5, 5.41) is 0. The van der Waals surface area contributed by atoms with Crippen LogP contribution in [0, 0.1) is 0 Å². The van der Waals surface area contributed by atoms with E-state index in [0.717, 1.165) is 36.3 Å². The maximum absolute atomic E-state index is 5.74. The Kier molecular flexibility index (Phi) is 4.08. The lowest BCUT2D eigenvalue weighted by atomic mass is 10.2. The quantitative estimate of drug-likeness (QED) is 0.767. The zero-order chi connectivity index (χ0) is 14.8. The summed E-state index contributed by atoms with van der Waals surface area (Å²) >= 11 is 1.84. The Labute approximate surface area is 129 Å². The van der Waals surface area contributed by atoms with Crippen molar-refractivity contribution < 1.29 is 0 Å². The van der Waals surface area contributed by atoms with Crippen LogP contribution in [0.15, 0.2) is 30.3 Å². The van der Waals surface area contributed by atoms with Gasteiger partial charge in [-0.1, -0.05) is 19.9 Å². The van der Waals surface area contributed by atoms with Crippen LogP contribution in [0.4, 0.5) is 0 Å². The van der Waals surface area contributed by atoms with Gasteiger partial charge in [0, 0.05) is 18.0 Å². The van der Waals surface area contributed by atoms with Gasteiger partial charge in [0.15, 0.2) is 5.82 Å². The molecule has 0 aliphatic heterocycles. The van der Waals surface area contributed by atoms with Crippen LogP contribution in [-0.2, 0) is 19.5 Å². The van der Waals surface area contributed by atoms with E-state index in [9.17, 15) is 0 Å². The molecule has 2 aromatic heterocycles. The predicted octanol–water partition coefficient (Wildman–Crippen LogP) is 4.20. The molecule has 0 aliphatic rings. The molecule has 0 atom stereocenters. The molecule has 0 radical (unpaired) electrons. The molecule has 2 heterocycles. The topological polar surface area (TPSA) is 43.8 Å². The van der Waals surface area contributed by atoms with E-state index in [1.807, 2.05) is 11.3 Å². The Morgan fingerprint density at radius 1 is 1.19 bits per heavy atom. The minimum Gasteiger partial charge on any atom is -0.326 e. The van der Waals surface area contributed by atoms with E-state index in [1.54, 1.807) is 0 Å². The molecule has 0 amide bonds. The molecular formula is C17H21N3S. The first kappa shape index (κ1) is 14.3. The molecule has 4 heteroatoms. The summed E-state index contributed by atoms with van der Waals surface area (Å²) in [6.07, 6.45) is 2.18. The Morgan fingerprint density at radius 3 is 2.71 bits per heavy atom. The fourth-order valence-electron chi connectivity index (χ4n) is 2.63. The summed E-state index contributed by atoms with van der Waals surface area (Å²) in [5.41, 5.74) is 9.13. The smallest absolute Gasteiger partial charge is 0.151 e. The van der Waals surface area contributed by atoms with Crippen molar-refractivity contribution in [2.75, 3.05) is 0 Å². The van der Waals surface area contributed by atoms with E-state index in [1.165, 1.54) is 15.3 Å².